The number of morpholine rings is 1. The summed E-state index contributed by atoms with van der Waals surface area (Å²) in [5.41, 5.74) is 2.69. The number of hydrogen-bond donors (Lipinski definition) is 2. The van der Waals surface area contributed by atoms with Gasteiger partial charge in [-0.2, -0.15) is 0 Å². The molecule has 36 heavy (non-hydrogen) atoms. The number of nitrogens with one attached hydrogen (secondary N) is 1. The van der Waals surface area contributed by atoms with E-state index in [1.54, 1.807) is 24.3 Å². The Bertz CT molecular complexity index is 1450. The van der Waals surface area contributed by atoms with Crippen molar-refractivity contribution in [1.29, 1.82) is 0 Å². The first kappa shape index (κ1) is 24.1. The molecule has 0 saturated carbocycles. The zero-order valence-electron chi connectivity index (χ0n) is 19.6. The van der Waals surface area contributed by atoms with Gasteiger partial charge in [0.05, 0.1) is 19.8 Å². The maximum absolute atomic E-state index is 13.8. The van der Waals surface area contributed by atoms with Crippen molar-refractivity contribution in [3.8, 4) is 5.75 Å². The molecule has 3 aromatic carbocycles. The summed E-state index contributed by atoms with van der Waals surface area (Å²) in [6.45, 7) is 4.00. The van der Waals surface area contributed by atoms with Crippen molar-refractivity contribution in [2.75, 3.05) is 31.2 Å². The lowest BCUT2D eigenvalue weighted by atomic mass is 10.1. The van der Waals surface area contributed by atoms with Gasteiger partial charge in [-0.25, -0.2) is 0 Å². The largest absolute Gasteiger partial charge is 0.508 e. The molecule has 0 aliphatic carbocycles. The fraction of sp³-hybridized carbons (Fsp3) is 0.214. The van der Waals surface area contributed by atoms with E-state index in [4.69, 9.17) is 16.3 Å². The quantitative estimate of drug-likeness (QED) is 0.402. The summed E-state index contributed by atoms with van der Waals surface area (Å²) in [5.74, 6) is -0.432. The molecule has 1 amide bonds. The summed E-state index contributed by atoms with van der Waals surface area (Å²) in [6.07, 6.45) is 1.46. The number of amides is 1. The predicted octanol–water partition coefficient (Wildman–Crippen LogP) is 4.57. The van der Waals surface area contributed by atoms with Crippen LogP contribution in [0.2, 0.25) is 5.02 Å². The number of pyridine rings is 1. The minimum Gasteiger partial charge on any atom is -0.508 e. The van der Waals surface area contributed by atoms with Gasteiger partial charge in [0.1, 0.15) is 11.3 Å². The zero-order valence-corrected chi connectivity index (χ0v) is 20.4. The fourth-order valence-electron chi connectivity index (χ4n) is 4.40. The molecule has 0 spiro atoms. The number of phenols is 1. The number of hydrogen-bond acceptors (Lipinski definition) is 5. The van der Waals surface area contributed by atoms with Crippen molar-refractivity contribution >= 4 is 34.1 Å². The van der Waals surface area contributed by atoms with Gasteiger partial charge < -0.3 is 19.7 Å². The van der Waals surface area contributed by atoms with E-state index in [1.165, 1.54) is 23.2 Å². The van der Waals surface area contributed by atoms with Gasteiger partial charge in [-0.05, 0) is 47.5 Å². The average molecular weight is 504 g/mol. The van der Waals surface area contributed by atoms with E-state index in [0.717, 1.165) is 24.2 Å². The van der Waals surface area contributed by atoms with Gasteiger partial charge in [0.25, 0.3) is 5.91 Å². The van der Waals surface area contributed by atoms with E-state index in [1.807, 2.05) is 30.3 Å². The van der Waals surface area contributed by atoms with Crippen LogP contribution in [-0.2, 0) is 17.8 Å². The maximum Gasteiger partial charge on any atom is 0.264 e. The summed E-state index contributed by atoms with van der Waals surface area (Å²) >= 11 is 6.03. The van der Waals surface area contributed by atoms with Crippen LogP contribution in [0.4, 0.5) is 5.69 Å². The smallest absolute Gasteiger partial charge is 0.264 e. The Balaban J connectivity index is 1.51. The molecule has 5 rings (SSSR count). The summed E-state index contributed by atoms with van der Waals surface area (Å²) in [7, 11) is 0. The highest BCUT2D eigenvalue weighted by Crippen LogP contribution is 2.25. The topological polar surface area (TPSA) is 85.9 Å². The van der Waals surface area contributed by atoms with E-state index in [9.17, 15) is 14.7 Å². The first-order chi connectivity index (χ1) is 17.5. The summed E-state index contributed by atoms with van der Waals surface area (Å²) in [5, 5.41) is 11.1. The third-order valence-corrected chi connectivity index (χ3v) is 6.58. The minimum atomic E-state index is -0.461. The van der Waals surface area contributed by atoms with E-state index >= 15 is 0 Å². The van der Waals surface area contributed by atoms with Gasteiger partial charge in [-0.3, -0.25) is 14.5 Å². The number of phenolic OH excluding ortho intramolecular Hbond substituents is 1. The molecule has 0 bridgehead atoms. The van der Waals surface area contributed by atoms with Crippen LogP contribution in [0, 0.1) is 0 Å². The highest BCUT2D eigenvalue weighted by Gasteiger charge is 2.23. The number of aromatic nitrogens is 1. The number of aromatic amines is 1. The Morgan fingerprint density at radius 1 is 1.03 bits per heavy atom. The number of anilines is 1. The molecular weight excluding hydrogens is 478 g/mol. The van der Waals surface area contributed by atoms with Gasteiger partial charge in [-0.1, -0.05) is 35.9 Å². The number of H-pyrrole nitrogens is 1. The Kier molecular flexibility index (Phi) is 7.04. The molecule has 0 radical (unpaired) electrons. The SMILES string of the molecule is O=C(c1c[nH]c2ccc(CN3CCOCC3)cc2c1=O)N(Cc1ccc(Cl)cc1)c1cccc(O)c1. The molecule has 1 fully saturated rings. The van der Waals surface area contributed by atoms with E-state index < -0.39 is 5.91 Å². The number of carbonyl (C=O) groups is 1. The Morgan fingerprint density at radius 3 is 2.53 bits per heavy atom. The highest BCUT2D eigenvalue weighted by molar-refractivity contribution is 6.30. The van der Waals surface area contributed by atoms with E-state index in [2.05, 4.69) is 9.88 Å². The van der Waals surface area contributed by atoms with Crippen LogP contribution in [0.1, 0.15) is 21.5 Å². The Hall–Kier alpha value is -3.65. The number of benzene rings is 3. The van der Waals surface area contributed by atoms with E-state index in [0.29, 0.717) is 41.4 Å². The second kappa shape index (κ2) is 10.5. The molecule has 2 heterocycles. The highest BCUT2D eigenvalue weighted by atomic mass is 35.5. The molecule has 0 atom stereocenters. The second-order valence-corrected chi connectivity index (χ2v) is 9.27. The van der Waals surface area contributed by atoms with Crippen molar-refractivity contribution in [1.82, 2.24) is 9.88 Å². The minimum absolute atomic E-state index is 0.0292. The number of rotatable bonds is 6. The van der Waals surface area contributed by atoms with Crippen LogP contribution in [-0.4, -0.2) is 47.2 Å². The molecule has 4 aromatic rings. The third kappa shape index (κ3) is 5.28. The Labute approximate surface area is 213 Å². The van der Waals surface area contributed by atoms with Crippen LogP contribution in [0.25, 0.3) is 10.9 Å². The van der Waals surface area contributed by atoms with Crippen LogP contribution in [0.5, 0.6) is 5.75 Å². The lowest BCUT2D eigenvalue weighted by molar-refractivity contribution is 0.0342. The summed E-state index contributed by atoms with van der Waals surface area (Å²) < 4.78 is 5.42. The zero-order chi connectivity index (χ0) is 25.1. The molecule has 1 aromatic heterocycles. The molecule has 1 saturated heterocycles. The van der Waals surface area contributed by atoms with Gasteiger partial charge in [0.2, 0.25) is 5.43 Å². The molecule has 8 heteroatoms. The number of halogens is 1. The summed E-state index contributed by atoms with van der Waals surface area (Å²) in [4.78, 5) is 34.2. The van der Waals surface area contributed by atoms with Crippen LogP contribution in [0.3, 0.4) is 0 Å². The number of nitrogens with zero attached hydrogens (tertiary/aromatic N) is 2. The van der Waals surface area contributed by atoms with Gasteiger partial charge >= 0.3 is 0 Å². The molecular formula is C28H26ClN3O4. The molecule has 1 aliphatic heterocycles. The normalized spacial score (nSPS) is 14.1. The van der Waals surface area contributed by atoms with Gasteiger partial charge in [0, 0.05) is 53.5 Å². The van der Waals surface area contributed by atoms with Gasteiger partial charge in [-0.15, -0.1) is 0 Å². The van der Waals surface area contributed by atoms with Gasteiger partial charge in [0.15, 0.2) is 0 Å². The monoisotopic (exact) mass is 503 g/mol. The van der Waals surface area contributed by atoms with Crippen LogP contribution in [0.15, 0.2) is 77.7 Å². The standard InChI is InChI=1S/C28H26ClN3O4/c29-21-7-4-19(5-8-21)18-32(22-2-1-3-23(33)15-22)28(35)25-16-30-26-9-6-20(14-24(26)27(25)34)17-31-10-12-36-13-11-31/h1-9,14-16,33H,10-13,17-18H2,(H,30,34). The lowest BCUT2D eigenvalue weighted by Gasteiger charge is -2.26. The van der Waals surface area contributed by atoms with Crippen molar-refractivity contribution < 1.29 is 14.6 Å². The predicted molar refractivity (Wildman–Crippen MR) is 141 cm³/mol. The molecule has 7 nitrogen and oxygen atoms in total. The maximum atomic E-state index is 13.8. The molecule has 2 N–H and O–H groups in total. The van der Waals surface area contributed by atoms with Crippen molar-refractivity contribution in [3.05, 3.63) is 105 Å². The van der Waals surface area contributed by atoms with Crippen molar-refractivity contribution in [3.63, 3.8) is 0 Å². The first-order valence-corrected chi connectivity index (χ1v) is 12.2. The van der Waals surface area contributed by atoms with Crippen LogP contribution >= 0.6 is 11.6 Å². The number of carbonyl (C=O) groups excluding carboxylic acids is 1. The fourth-order valence-corrected chi connectivity index (χ4v) is 4.53. The molecule has 184 valence electrons. The lowest BCUT2D eigenvalue weighted by Crippen LogP contribution is -2.35. The van der Waals surface area contributed by atoms with Crippen LogP contribution < -0.4 is 10.3 Å². The van der Waals surface area contributed by atoms with E-state index in [-0.39, 0.29) is 23.3 Å². The first-order valence-electron chi connectivity index (χ1n) is 11.8. The van der Waals surface area contributed by atoms with Crippen molar-refractivity contribution in [2.24, 2.45) is 0 Å². The third-order valence-electron chi connectivity index (χ3n) is 6.33. The number of fused-ring (bicyclic) bond motifs is 1. The Morgan fingerprint density at radius 2 is 1.78 bits per heavy atom. The number of aromatic hydroxyl groups is 1. The number of ether oxygens (including phenoxy) is 1. The summed E-state index contributed by atoms with van der Waals surface area (Å²) in [6, 6.07) is 19.3. The second-order valence-electron chi connectivity index (χ2n) is 8.84. The molecule has 1 aliphatic rings. The average Bonchev–Trinajstić information content (AvgIpc) is 2.89. The van der Waals surface area contributed by atoms with Crippen molar-refractivity contribution in [2.45, 2.75) is 13.1 Å². The molecule has 0 unspecified atom stereocenters.